The monoisotopic (exact) mass is 408 g/mol. The standard InChI is InChI=1S/C27H40N2O/c1-18-7-9-21-19(16-18)8-10-23-22(21)13-14-27(2)24(23)11-12-25(27)26(30)29(3)17-20-6-4-5-15-28-20/h4-6,15,18-19,21-25H,7-14,16-17H2,1-3H3. The van der Waals surface area contributed by atoms with Gasteiger partial charge in [-0.3, -0.25) is 9.78 Å². The maximum absolute atomic E-state index is 13.5. The smallest absolute Gasteiger partial charge is 0.226 e. The minimum atomic E-state index is 0.210. The highest BCUT2D eigenvalue weighted by atomic mass is 16.2. The molecule has 164 valence electrons. The Labute approximate surface area is 183 Å². The molecule has 30 heavy (non-hydrogen) atoms. The zero-order chi connectivity index (χ0) is 20.9. The number of fused-ring (bicyclic) bond motifs is 5. The minimum Gasteiger partial charge on any atom is -0.340 e. The molecule has 0 saturated heterocycles. The summed E-state index contributed by atoms with van der Waals surface area (Å²) in [4.78, 5) is 19.9. The number of amides is 1. The molecule has 1 amide bonds. The molecular weight excluding hydrogens is 368 g/mol. The third kappa shape index (κ3) is 3.41. The molecule has 1 heterocycles. The van der Waals surface area contributed by atoms with Gasteiger partial charge in [-0.15, -0.1) is 0 Å². The first-order valence-electron chi connectivity index (χ1n) is 12.6. The van der Waals surface area contributed by atoms with E-state index in [2.05, 4.69) is 18.8 Å². The highest BCUT2D eigenvalue weighted by molar-refractivity contribution is 5.80. The Morgan fingerprint density at radius 3 is 2.70 bits per heavy atom. The number of aromatic nitrogens is 1. The number of carbonyl (C=O) groups excluding carboxylic acids is 1. The number of rotatable bonds is 3. The molecule has 3 nitrogen and oxygen atoms in total. The van der Waals surface area contributed by atoms with E-state index in [-0.39, 0.29) is 11.3 Å². The molecule has 1 aromatic heterocycles. The number of carbonyl (C=O) groups is 1. The van der Waals surface area contributed by atoms with Crippen LogP contribution in [-0.4, -0.2) is 22.8 Å². The van der Waals surface area contributed by atoms with Gasteiger partial charge in [-0.05, 0) is 104 Å². The van der Waals surface area contributed by atoms with Gasteiger partial charge in [-0.1, -0.05) is 26.3 Å². The van der Waals surface area contributed by atoms with E-state index < -0.39 is 0 Å². The van der Waals surface area contributed by atoms with Crippen molar-refractivity contribution in [1.82, 2.24) is 9.88 Å². The van der Waals surface area contributed by atoms with Crippen LogP contribution in [0.25, 0.3) is 0 Å². The molecule has 4 fully saturated rings. The van der Waals surface area contributed by atoms with Crippen LogP contribution in [-0.2, 0) is 11.3 Å². The molecule has 1 aromatic rings. The summed E-state index contributed by atoms with van der Waals surface area (Å²) in [6.07, 6.45) is 14.1. The Morgan fingerprint density at radius 2 is 1.90 bits per heavy atom. The van der Waals surface area contributed by atoms with E-state index >= 15 is 0 Å². The zero-order valence-corrected chi connectivity index (χ0v) is 19.2. The highest BCUT2D eigenvalue weighted by Gasteiger charge is 2.58. The molecule has 0 aliphatic heterocycles. The van der Waals surface area contributed by atoms with E-state index in [9.17, 15) is 4.79 Å². The van der Waals surface area contributed by atoms with Crippen molar-refractivity contribution in [2.24, 2.45) is 46.8 Å². The van der Waals surface area contributed by atoms with Gasteiger partial charge in [0, 0.05) is 19.2 Å². The SMILES string of the molecule is CC1CCC2C(CCC3C2CCC2(C)C(C(=O)N(C)Cc4ccccn4)CCC32)C1. The Morgan fingerprint density at radius 1 is 1.07 bits per heavy atom. The Kier molecular flexibility index (Phi) is 5.44. The van der Waals surface area contributed by atoms with Gasteiger partial charge in [0.05, 0.1) is 12.2 Å². The quantitative estimate of drug-likeness (QED) is 0.619. The molecule has 8 unspecified atom stereocenters. The van der Waals surface area contributed by atoms with E-state index in [0.717, 1.165) is 47.6 Å². The van der Waals surface area contributed by atoms with Crippen molar-refractivity contribution >= 4 is 5.91 Å². The molecule has 4 aliphatic carbocycles. The van der Waals surface area contributed by atoms with Gasteiger partial charge in [0.1, 0.15) is 0 Å². The Balaban J connectivity index is 1.30. The zero-order valence-electron chi connectivity index (χ0n) is 19.2. The third-order valence-corrected chi connectivity index (χ3v) is 10.0. The van der Waals surface area contributed by atoms with Gasteiger partial charge < -0.3 is 4.90 Å². The van der Waals surface area contributed by atoms with Crippen LogP contribution in [0.2, 0.25) is 0 Å². The second kappa shape index (κ2) is 7.95. The molecule has 0 bridgehead atoms. The predicted molar refractivity (Wildman–Crippen MR) is 120 cm³/mol. The molecule has 3 heteroatoms. The average molecular weight is 409 g/mol. The van der Waals surface area contributed by atoms with E-state index in [4.69, 9.17) is 0 Å². The molecule has 0 aromatic carbocycles. The summed E-state index contributed by atoms with van der Waals surface area (Å²) in [5.41, 5.74) is 1.20. The fraction of sp³-hybridized carbons (Fsp3) is 0.778. The second-order valence-corrected chi connectivity index (χ2v) is 11.5. The minimum absolute atomic E-state index is 0.210. The third-order valence-electron chi connectivity index (χ3n) is 10.0. The van der Waals surface area contributed by atoms with Gasteiger partial charge in [-0.25, -0.2) is 0 Å². The predicted octanol–water partition coefficient (Wildman–Crippen LogP) is 5.94. The highest BCUT2D eigenvalue weighted by Crippen LogP contribution is 2.64. The van der Waals surface area contributed by atoms with Crippen molar-refractivity contribution in [3.8, 4) is 0 Å². The van der Waals surface area contributed by atoms with Crippen molar-refractivity contribution < 1.29 is 4.79 Å². The molecule has 0 spiro atoms. The molecule has 0 N–H and O–H groups in total. The topological polar surface area (TPSA) is 33.2 Å². The lowest BCUT2D eigenvalue weighted by atomic mass is 9.49. The summed E-state index contributed by atoms with van der Waals surface area (Å²) in [6.45, 7) is 5.58. The molecular formula is C27H40N2O. The van der Waals surface area contributed by atoms with Crippen LogP contribution in [0.4, 0.5) is 0 Å². The van der Waals surface area contributed by atoms with E-state index in [1.165, 1.54) is 51.4 Å². The van der Waals surface area contributed by atoms with Gasteiger partial charge in [0.2, 0.25) is 5.91 Å². The maximum Gasteiger partial charge on any atom is 0.226 e. The van der Waals surface area contributed by atoms with Gasteiger partial charge in [-0.2, -0.15) is 0 Å². The summed E-state index contributed by atoms with van der Waals surface area (Å²) in [5.74, 6) is 6.12. The van der Waals surface area contributed by atoms with E-state index in [1.807, 2.05) is 36.3 Å². The summed E-state index contributed by atoms with van der Waals surface area (Å²) in [6, 6.07) is 5.98. The number of nitrogens with zero attached hydrogens (tertiary/aromatic N) is 2. The normalized spacial score (nSPS) is 42.7. The summed E-state index contributed by atoms with van der Waals surface area (Å²) in [5, 5.41) is 0. The Bertz CT molecular complexity index is 763. The van der Waals surface area contributed by atoms with Gasteiger partial charge in [0.15, 0.2) is 0 Å². The first-order chi connectivity index (χ1) is 14.5. The summed E-state index contributed by atoms with van der Waals surface area (Å²) in [7, 11) is 1.98. The van der Waals surface area contributed by atoms with Crippen molar-refractivity contribution in [3.63, 3.8) is 0 Å². The molecule has 5 rings (SSSR count). The first kappa shape index (κ1) is 20.5. The van der Waals surface area contributed by atoms with Gasteiger partial charge in [0.25, 0.3) is 0 Å². The van der Waals surface area contributed by atoms with Gasteiger partial charge >= 0.3 is 0 Å². The van der Waals surface area contributed by atoms with Crippen molar-refractivity contribution in [2.75, 3.05) is 7.05 Å². The fourth-order valence-corrected chi connectivity index (χ4v) is 8.57. The molecule has 0 radical (unpaired) electrons. The maximum atomic E-state index is 13.5. The van der Waals surface area contributed by atoms with Crippen molar-refractivity contribution in [1.29, 1.82) is 0 Å². The van der Waals surface area contributed by atoms with E-state index in [1.54, 1.807) is 0 Å². The lowest BCUT2D eigenvalue weighted by Crippen LogP contribution is -2.50. The number of pyridine rings is 1. The van der Waals surface area contributed by atoms with Crippen LogP contribution in [0.3, 0.4) is 0 Å². The first-order valence-corrected chi connectivity index (χ1v) is 12.6. The van der Waals surface area contributed by atoms with Crippen LogP contribution in [0, 0.1) is 46.8 Å². The average Bonchev–Trinajstić information content (AvgIpc) is 3.10. The van der Waals surface area contributed by atoms with Crippen molar-refractivity contribution in [3.05, 3.63) is 30.1 Å². The van der Waals surface area contributed by atoms with Crippen LogP contribution in [0.5, 0.6) is 0 Å². The summed E-state index contributed by atoms with van der Waals surface area (Å²) < 4.78 is 0. The largest absolute Gasteiger partial charge is 0.340 e. The summed E-state index contributed by atoms with van der Waals surface area (Å²) >= 11 is 0. The van der Waals surface area contributed by atoms with Crippen LogP contribution in [0.1, 0.15) is 77.3 Å². The lowest BCUT2D eigenvalue weighted by molar-refractivity contribution is -0.142. The fourth-order valence-electron chi connectivity index (χ4n) is 8.57. The van der Waals surface area contributed by atoms with Crippen LogP contribution in [0.15, 0.2) is 24.4 Å². The van der Waals surface area contributed by atoms with Crippen LogP contribution >= 0.6 is 0 Å². The molecule has 8 atom stereocenters. The van der Waals surface area contributed by atoms with Crippen LogP contribution < -0.4 is 0 Å². The Hall–Kier alpha value is -1.38. The number of hydrogen-bond donors (Lipinski definition) is 0. The lowest BCUT2D eigenvalue weighted by Gasteiger charge is -2.56. The molecule has 4 saturated carbocycles. The second-order valence-electron chi connectivity index (χ2n) is 11.5. The number of hydrogen-bond acceptors (Lipinski definition) is 2. The molecule has 4 aliphatic rings. The van der Waals surface area contributed by atoms with E-state index in [0.29, 0.717) is 12.5 Å². The van der Waals surface area contributed by atoms with Crippen molar-refractivity contribution in [2.45, 2.75) is 78.2 Å².